The molecule has 1 atom stereocenters. The summed E-state index contributed by atoms with van der Waals surface area (Å²) in [6, 6.07) is 18.2. The van der Waals surface area contributed by atoms with Crippen LogP contribution in [-0.2, 0) is 12.3 Å². The molecule has 108 valence electrons. The van der Waals surface area contributed by atoms with E-state index >= 15 is 0 Å². The molecule has 1 aliphatic rings. The third-order valence-electron chi connectivity index (χ3n) is 3.76. The van der Waals surface area contributed by atoms with E-state index in [9.17, 15) is 5.11 Å². The van der Waals surface area contributed by atoms with Crippen LogP contribution < -0.4 is 0 Å². The molecule has 0 bridgehead atoms. The molecule has 21 heavy (non-hydrogen) atoms. The van der Waals surface area contributed by atoms with Crippen LogP contribution >= 0.6 is 24.0 Å². The van der Waals surface area contributed by atoms with E-state index in [-0.39, 0.29) is 0 Å². The van der Waals surface area contributed by atoms with E-state index in [1.165, 1.54) is 17.3 Å². The molecule has 1 unspecified atom stereocenters. The average Bonchev–Trinajstić information content (AvgIpc) is 2.78. The van der Waals surface area contributed by atoms with Gasteiger partial charge in [0, 0.05) is 12.1 Å². The SMILES string of the molecule is Cc1ccc(C2(O)CSC(=S)N2Cc2ccccc2)cc1. The van der Waals surface area contributed by atoms with E-state index in [2.05, 4.69) is 12.1 Å². The van der Waals surface area contributed by atoms with Crippen molar-refractivity contribution in [3.8, 4) is 0 Å². The van der Waals surface area contributed by atoms with Gasteiger partial charge in [0.2, 0.25) is 0 Å². The van der Waals surface area contributed by atoms with E-state index in [1.807, 2.05) is 54.3 Å². The van der Waals surface area contributed by atoms with Crippen molar-refractivity contribution in [2.45, 2.75) is 19.2 Å². The fourth-order valence-electron chi connectivity index (χ4n) is 2.49. The summed E-state index contributed by atoms with van der Waals surface area (Å²) < 4.78 is 0.752. The fourth-order valence-corrected chi connectivity index (χ4v) is 3.90. The molecule has 0 radical (unpaired) electrons. The standard InChI is InChI=1S/C17H17NOS2/c1-13-7-9-15(10-8-13)17(19)12-21-16(20)18(17)11-14-5-3-2-4-6-14/h2-10,19H,11-12H2,1H3. The minimum Gasteiger partial charge on any atom is -0.366 e. The molecule has 0 saturated carbocycles. The van der Waals surface area contributed by atoms with Crippen LogP contribution in [0.1, 0.15) is 16.7 Å². The summed E-state index contributed by atoms with van der Waals surface area (Å²) in [4.78, 5) is 1.92. The number of hydrogen-bond donors (Lipinski definition) is 1. The predicted molar refractivity (Wildman–Crippen MR) is 92.1 cm³/mol. The molecule has 2 nitrogen and oxygen atoms in total. The lowest BCUT2D eigenvalue weighted by Crippen LogP contribution is -2.44. The molecule has 1 N–H and O–H groups in total. The highest BCUT2D eigenvalue weighted by molar-refractivity contribution is 8.23. The molecule has 0 spiro atoms. The summed E-state index contributed by atoms with van der Waals surface area (Å²) in [5, 5.41) is 11.2. The van der Waals surface area contributed by atoms with Crippen LogP contribution in [0.5, 0.6) is 0 Å². The van der Waals surface area contributed by atoms with E-state index in [4.69, 9.17) is 12.2 Å². The van der Waals surface area contributed by atoms with Gasteiger partial charge < -0.3 is 10.0 Å². The summed E-state index contributed by atoms with van der Waals surface area (Å²) in [5.74, 6) is 0.571. The first-order valence-corrected chi connectivity index (χ1v) is 8.27. The molecule has 0 aromatic heterocycles. The highest BCUT2D eigenvalue weighted by Crippen LogP contribution is 2.40. The lowest BCUT2D eigenvalue weighted by atomic mass is 10.0. The summed E-state index contributed by atoms with van der Waals surface area (Å²) in [5.41, 5.74) is 2.21. The highest BCUT2D eigenvalue weighted by Gasteiger charge is 2.43. The Labute approximate surface area is 134 Å². The smallest absolute Gasteiger partial charge is 0.175 e. The van der Waals surface area contributed by atoms with Crippen LogP contribution in [0.25, 0.3) is 0 Å². The number of benzene rings is 2. The van der Waals surface area contributed by atoms with Gasteiger partial charge in [0.1, 0.15) is 4.32 Å². The molecule has 0 amide bonds. The quantitative estimate of drug-likeness (QED) is 0.873. The number of aliphatic hydroxyl groups is 1. The van der Waals surface area contributed by atoms with Crippen molar-refractivity contribution < 1.29 is 5.11 Å². The van der Waals surface area contributed by atoms with Crippen LogP contribution in [0, 0.1) is 6.92 Å². The van der Waals surface area contributed by atoms with Gasteiger partial charge in [-0.2, -0.15) is 0 Å². The van der Waals surface area contributed by atoms with Crippen molar-refractivity contribution in [3.63, 3.8) is 0 Å². The minimum absolute atomic E-state index is 0.571. The maximum Gasteiger partial charge on any atom is 0.175 e. The van der Waals surface area contributed by atoms with Crippen molar-refractivity contribution in [2.75, 3.05) is 5.75 Å². The third-order valence-corrected chi connectivity index (χ3v) is 5.35. The predicted octanol–water partition coefficient (Wildman–Crippen LogP) is 3.67. The zero-order valence-electron chi connectivity index (χ0n) is 11.8. The Morgan fingerprint density at radius 1 is 1.14 bits per heavy atom. The topological polar surface area (TPSA) is 23.5 Å². The van der Waals surface area contributed by atoms with Crippen LogP contribution in [0.4, 0.5) is 0 Å². The monoisotopic (exact) mass is 315 g/mol. The lowest BCUT2D eigenvalue weighted by Gasteiger charge is -2.34. The second-order valence-electron chi connectivity index (χ2n) is 5.31. The first kappa shape index (κ1) is 14.6. The van der Waals surface area contributed by atoms with Crippen molar-refractivity contribution in [1.29, 1.82) is 0 Å². The third kappa shape index (κ3) is 2.84. The van der Waals surface area contributed by atoms with E-state index in [0.717, 1.165) is 15.4 Å². The van der Waals surface area contributed by atoms with Crippen LogP contribution in [0.3, 0.4) is 0 Å². The largest absolute Gasteiger partial charge is 0.366 e. The molecule has 1 fully saturated rings. The van der Waals surface area contributed by atoms with Gasteiger partial charge in [-0.15, -0.1) is 0 Å². The number of thioether (sulfide) groups is 1. The van der Waals surface area contributed by atoms with Gasteiger partial charge in [0.25, 0.3) is 0 Å². The molecule has 0 aliphatic carbocycles. The number of nitrogens with zero attached hydrogens (tertiary/aromatic N) is 1. The molecule has 2 aromatic carbocycles. The van der Waals surface area contributed by atoms with Gasteiger partial charge in [-0.1, -0.05) is 84.1 Å². The Bertz CT molecular complexity index is 642. The molecular weight excluding hydrogens is 298 g/mol. The number of hydrogen-bond acceptors (Lipinski definition) is 3. The van der Waals surface area contributed by atoms with Crippen molar-refractivity contribution >= 4 is 28.3 Å². The second kappa shape index (κ2) is 5.79. The van der Waals surface area contributed by atoms with Crippen LogP contribution in [-0.4, -0.2) is 20.1 Å². The van der Waals surface area contributed by atoms with E-state index in [0.29, 0.717) is 12.3 Å². The van der Waals surface area contributed by atoms with Gasteiger partial charge in [-0.3, -0.25) is 0 Å². The number of thiocarbonyl (C=S) groups is 1. The summed E-state index contributed by atoms with van der Waals surface area (Å²) in [6.45, 7) is 2.67. The van der Waals surface area contributed by atoms with E-state index < -0.39 is 5.72 Å². The second-order valence-corrected chi connectivity index (χ2v) is 6.92. The van der Waals surface area contributed by atoms with Crippen LogP contribution in [0.15, 0.2) is 54.6 Å². The molecular formula is C17H17NOS2. The summed E-state index contributed by atoms with van der Waals surface area (Å²) in [7, 11) is 0. The van der Waals surface area contributed by atoms with Crippen molar-refractivity contribution in [1.82, 2.24) is 4.90 Å². The zero-order chi connectivity index (χ0) is 14.9. The molecule has 2 aromatic rings. The van der Waals surface area contributed by atoms with Crippen LogP contribution in [0.2, 0.25) is 0 Å². The Kier molecular flexibility index (Phi) is 4.02. The number of aryl methyl sites for hydroxylation is 1. The Morgan fingerprint density at radius 2 is 1.81 bits per heavy atom. The van der Waals surface area contributed by atoms with E-state index in [1.54, 1.807) is 0 Å². The van der Waals surface area contributed by atoms with Gasteiger partial charge >= 0.3 is 0 Å². The first-order valence-electron chi connectivity index (χ1n) is 6.87. The normalized spacial score (nSPS) is 21.8. The summed E-state index contributed by atoms with van der Waals surface area (Å²) >= 11 is 6.98. The van der Waals surface area contributed by atoms with Crippen molar-refractivity contribution in [2.24, 2.45) is 0 Å². The molecule has 1 aliphatic heterocycles. The van der Waals surface area contributed by atoms with Crippen molar-refractivity contribution in [3.05, 3.63) is 71.3 Å². The first-order chi connectivity index (χ1) is 10.1. The molecule has 4 heteroatoms. The maximum absolute atomic E-state index is 11.2. The Hall–Kier alpha value is -1.36. The molecule has 3 rings (SSSR count). The Morgan fingerprint density at radius 3 is 2.48 bits per heavy atom. The highest BCUT2D eigenvalue weighted by atomic mass is 32.2. The zero-order valence-corrected chi connectivity index (χ0v) is 13.5. The van der Waals surface area contributed by atoms with Gasteiger partial charge in [-0.05, 0) is 12.5 Å². The molecule has 1 heterocycles. The summed E-state index contributed by atoms with van der Waals surface area (Å²) in [6.07, 6.45) is 0. The maximum atomic E-state index is 11.2. The molecule has 1 saturated heterocycles. The lowest BCUT2D eigenvalue weighted by molar-refractivity contribution is -0.0508. The van der Waals surface area contributed by atoms with Gasteiger partial charge in [-0.25, -0.2) is 0 Å². The minimum atomic E-state index is -1.02. The average molecular weight is 315 g/mol. The van der Waals surface area contributed by atoms with Gasteiger partial charge in [0.05, 0.1) is 5.75 Å². The van der Waals surface area contributed by atoms with Gasteiger partial charge in [0.15, 0.2) is 5.72 Å². The fraction of sp³-hybridized carbons (Fsp3) is 0.235. The number of rotatable bonds is 3. The Balaban J connectivity index is 1.93.